The first-order valence-corrected chi connectivity index (χ1v) is 8.25. The van der Waals surface area contributed by atoms with Crippen LogP contribution in [0.4, 0.5) is 4.79 Å². The van der Waals surface area contributed by atoms with Crippen molar-refractivity contribution in [3.8, 4) is 0 Å². The Morgan fingerprint density at radius 3 is 2.67 bits per heavy atom. The number of hydrogen-bond donors (Lipinski definition) is 0. The molecule has 3 fully saturated rings. The number of amides is 2. The van der Waals surface area contributed by atoms with Gasteiger partial charge < -0.3 is 9.64 Å². The number of piperazine rings is 1. The molecule has 1 aliphatic heterocycles. The Bertz CT molecular complexity index is 424. The number of carbonyl (C=O) groups excluding carboxylic acids is 2. The largest absolute Gasteiger partial charge is 0.449 e. The Labute approximate surface area is 126 Å². The van der Waals surface area contributed by atoms with E-state index in [0.717, 1.165) is 5.92 Å². The van der Waals surface area contributed by atoms with Gasteiger partial charge in [-0.2, -0.15) is 0 Å². The molecule has 2 amide bonds. The summed E-state index contributed by atoms with van der Waals surface area (Å²) in [5, 5.41) is 0. The SMILES string of the molecule is CC(C)COC(=O)N1CCN(C2CC3CCC2C3)C(=O)C1. The van der Waals surface area contributed by atoms with Gasteiger partial charge >= 0.3 is 6.09 Å². The number of rotatable bonds is 3. The smallest absolute Gasteiger partial charge is 0.410 e. The molecule has 118 valence electrons. The topological polar surface area (TPSA) is 49.9 Å². The van der Waals surface area contributed by atoms with Crippen molar-refractivity contribution in [2.75, 3.05) is 26.2 Å². The van der Waals surface area contributed by atoms with Crippen LogP contribution in [0.2, 0.25) is 0 Å². The molecule has 0 aromatic carbocycles. The van der Waals surface area contributed by atoms with Gasteiger partial charge in [-0.25, -0.2) is 4.79 Å². The molecule has 3 atom stereocenters. The summed E-state index contributed by atoms with van der Waals surface area (Å²) in [5.41, 5.74) is 0. The number of fused-ring (bicyclic) bond motifs is 2. The highest BCUT2D eigenvalue weighted by molar-refractivity contribution is 5.83. The van der Waals surface area contributed by atoms with E-state index in [-0.39, 0.29) is 18.5 Å². The highest BCUT2D eigenvalue weighted by Gasteiger charge is 2.45. The summed E-state index contributed by atoms with van der Waals surface area (Å²) in [6.07, 6.45) is 4.75. The summed E-state index contributed by atoms with van der Waals surface area (Å²) in [6.45, 7) is 5.89. The van der Waals surface area contributed by atoms with Crippen LogP contribution in [0.1, 0.15) is 39.5 Å². The highest BCUT2D eigenvalue weighted by atomic mass is 16.6. The minimum absolute atomic E-state index is 0.0975. The molecule has 3 rings (SSSR count). The molecule has 2 aliphatic carbocycles. The summed E-state index contributed by atoms with van der Waals surface area (Å²) >= 11 is 0. The molecule has 3 aliphatic rings. The zero-order valence-electron chi connectivity index (χ0n) is 13.1. The van der Waals surface area contributed by atoms with Crippen LogP contribution in [-0.4, -0.2) is 54.1 Å². The predicted molar refractivity (Wildman–Crippen MR) is 78.7 cm³/mol. The van der Waals surface area contributed by atoms with Crippen LogP contribution < -0.4 is 0 Å². The molecular weight excluding hydrogens is 268 g/mol. The Morgan fingerprint density at radius 2 is 2.10 bits per heavy atom. The van der Waals surface area contributed by atoms with E-state index in [1.807, 2.05) is 18.7 Å². The van der Waals surface area contributed by atoms with Gasteiger partial charge in [0.1, 0.15) is 6.54 Å². The van der Waals surface area contributed by atoms with Gasteiger partial charge in [0.05, 0.1) is 6.61 Å². The lowest BCUT2D eigenvalue weighted by Gasteiger charge is -2.40. The lowest BCUT2D eigenvalue weighted by Crippen LogP contribution is -2.56. The Balaban J connectivity index is 1.52. The third-order valence-electron chi connectivity index (χ3n) is 5.16. The minimum atomic E-state index is -0.343. The standard InChI is InChI=1S/C16H26N2O3/c1-11(2)10-21-16(20)17-5-6-18(15(19)9-17)14-8-12-3-4-13(14)7-12/h11-14H,3-10H2,1-2H3. The van der Waals surface area contributed by atoms with Gasteiger partial charge in [-0.1, -0.05) is 20.3 Å². The van der Waals surface area contributed by atoms with E-state index in [4.69, 9.17) is 4.74 Å². The Morgan fingerprint density at radius 1 is 1.29 bits per heavy atom. The van der Waals surface area contributed by atoms with Gasteiger partial charge in [-0.05, 0) is 37.0 Å². The van der Waals surface area contributed by atoms with Crippen molar-refractivity contribution in [1.82, 2.24) is 9.80 Å². The minimum Gasteiger partial charge on any atom is -0.449 e. The van der Waals surface area contributed by atoms with Crippen LogP contribution in [0, 0.1) is 17.8 Å². The first-order valence-electron chi connectivity index (χ1n) is 8.25. The van der Waals surface area contributed by atoms with E-state index in [2.05, 4.69) is 0 Å². The molecule has 2 saturated carbocycles. The van der Waals surface area contributed by atoms with Crippen LogP contribution in [0.25, 0.3) is 0 Å². The van der Waals surface area contributed by atoms with E-state index >= 15 is 0 Å². The third kappa shape index (κ3) is 3.01. The molecule has 0 aromatic heterocycles. The van der Waals surface area contributed by atoms with Crippen molar-refractivity contribution in [3.05, 3.63) is 0 Å². The van der Waals surface area contributed by atoms with Gasteiger partial charge in [-0.3, -0.25) is 9.69 Å². The van der Waals surface area contributed by atoms with Crippen LogP contribution in [0.15, 0.2) is 0 Å². The van der Waals surface area contributed by atoms with Gasteiger partial charge in [-0.15, -0.1) is 0 Å². The number of nitrogens with zero attached hydrogens (tertiary/aromatic N) is 2. The average Bonchev–Trinajstić information content (AvgIpc) is 3.07. The molecule has 2 bridgehead atoms. The number of ether oxygens (including phenoxy) is 1. The Hall–Kier alpha value is -1.26. The lowest BCUT2D eigenvalue weighted by molar-refractivity contribution is -0.139. The van der Waals surface area contributed by atoms with Crippen molar-refractivity contribution in [1.29, 1.82) is 0 Å². The summed E-state index contributed by atoms with van der Waals surface area (Å²) in [4.78, 5) is 27.9. The zero-order valence-corrected chi connectivity index (χ0v) is 13.1. The second kappa shape index (κ2) is 5.85. The molecule has 5 nitrogen and oxygen atoms in total. The fourth-order valence-corrected chi connectivity index (χ4v) is 4.12. The molecule has 5 heteroatoms. The maximum Gasteiger partial charge on any atom is 0.410 e. The highest BCUT2D eigenvalue weighted by Crippen LogP contribution is 2.46. The van der Waals surface area contributed by atoms with Gasteiger partial charge in [0.2, 0.25) is 5.91 Å². The van der Waals surface area contributed by atoms with Gasteiger partial charge in [0, 0.05) is 19.1 Å². The van der Waals surface area contributed by atoms with E-state index < -0.39 is 0 Å². The molecule has 1 saturated heterocycles. The number of hydrogen-bond acceptors (Lipinski definition) is 3. The van der Waals surface area contributed by atoms with Crippen LogP contribution in [0.5, 0.6) is 0 Å². The van der Waals surface area contributed by atoms with E-state index in [9.17, 15) is 9.59 Å². The van der Waals surface area contributed by atoms with E-state index in [1.54, 1.807) is 4.90 Å². The monoisotopic (exact) mass is 294 g/mol. The summed E-state index contributed by atoms with van der Waals surface area (Å²) in [5.74, 6) is 1.96. The van der Waals surface area contributed by atoms with E-state index in [1.165, 1.54) is 25.7 Å². The third-order valence-corrected chi connectivity index (χ3v) is 5.16. The molecule has 0 N–H and O–H groups in total. The molecule has 0 radical (unpaired) electrons. The van der Waals surface area contributed by atoms with Crippen LogP contribution >= 0.6 is 0 Å². The maximum absolute atomic E-state index is 12.4. The van der Waals surface area contributed by atoms with Crippen molar-refractivity contribution in [3.63, 3.8) is 0 Å². The fourth-order valence-electron chi connectivity index (χ4n) is 4.12. The second-order valence-electron chi connectivity index (χ2n) is 7.22. The summed E-state index contributed by atoms with van der Waals surface area (Å²) in [7, 11) is 0. The van der Waals surface area contributed by atoms with Crippen molar-refractivity contribution < 1.29 is 14.3 Å². The fraction of sp³-hybridized carbons (Fsp3) is 0.875. The van der Waals surface area contributed by atoms with Crippen LogP contribution in [0.3, 0.4) is 0 Å². The molecule has 21 heavy (non-hydrogen) atoms. The predicted octanol–water partition coefficient (Wildman–Crippen LogP) is 2.11. The molecule has 3 unspecified atom stereocenters. The van der Waals surface area contributed by atoms with Crippen molar-refractivity contribution >= 4 is 12.0 Å². The first-order chi connectivity index (χ1) is 10.0. The quantitative estimate of drug-likeness (QED) is 0.801. The van der Waals surface area contributed by atoms with Crippen molar-refractivity contribution in [2.24, 2.45) is 17.8 Å². The van der Waals surface area contributed by atoms with Gasteiger partial charge in [0.25, 0.3) is 0 Å². The maximum atomic E-state index is 12.4. The normalized spacial score (nSPS) is 32.1. The number of carbonyl (C=O) groups is 2. The Kier molecular flexibility index (Phi) is 4.09. The lowest BCUT2D eigenvalue weighted by atomic mass is 9.93. The molecule has 0 aromatic rings. The average molecular weight is 294 g/mol. The van der Waals surface area contributed by atoms with Crippen LogP contribution in [-0.2, 0) is 9.53 Å². The summed E-state index contributed by atoms with van der Waals surface area (Å²) in [6, 6.07) is 0.435. The van der Waals surface area contributed by atoms with Crippen molar-refractivity contribution in [2.45, 2.75) is 45.6 Å². The zero-order chi connectivity index (χ0) is 15.0. The van der Waals surface area contributed by atoms with E-state index in [0.29, 0.717) is 37.6 Å². The molecular formula is C16H26N2O3. The molecule has 0 spiro atoms. The summed E-state index contributed by atoms with van der Waals surface area (Å²) < 4.78 is 5.22. The first kappa shape index (κ1) is 14.7. The van der Waals surface area contributed by atoms with Gasteiger partial charge in [0.15, 0.2) is 0 Å². The second-order valence-corrected chi connectivity index (χ2v) is 7.22. The molecule has 1 heterocycles.